The van der Waals surface area contributed by atoms with Crippen LogP contribution < -0.4 is 0 Å². The molecule has 0 aromatic heterocycles. The minimum absolute atomic E-state index is 0.770. The lowest BCUT2D eigenvalue weighted by Gasteiger charge is -2.02. The molecule has 0 aromatic carbocycles. The van der Waals surface area contributed by atoms with Crippen molar-refractivity contribution < 1.29 is 0 Å². The quantitative estimate of drug-likeness (QED) is 0.284. The van der Waals surface area contributed by atoms with E-state index in [-0.39, 0.29) is 0 Å². The zero-order valence-electron chi connectivity index (χ0n) is 5.20. The molecule has 0 N–H and O–H groups in total. The lowest BCUT2D eigenvalue weighted by molar-refractivity contribution is 1.70. The molecule has 0 saturated carbocycles. The molecular formula is C5H8NPS2. The van der Waals surface area contributed by atoms with Gasteiger partial charge in [-0.25, -0.2) is 0 Å². The molecule has 0 bridgehead atoms. The molecule has 9 heavy (non-hydrogen) atoms. The second kappa shape index (κ2) is 4.08. The van der Waals surface area contributed by atoms with Crippen molar-refractivity contribution in [2.24, 2.45) is 4.76 Å². The predicted molar refractivity (Wildman–Crippen MR) is 50.3 cm³/mol. The molecule has 0 saturated heterocycles. The zero-order valence-corrected chi connectivity index (χ0v) is 7.73. The topological polar surface area (TPSA) is 12.4 Å². The molecule has 1 nitrogen and oxygen atoms in total. The van der Waals surface area contributed by atoms with Gasteiger partial charge in [-0.1, -0.05) is 17.9 Å². The number of hydrogen-bond donors (Lipinski definition) is 0. The van der Waals surface area contributed by atoms with E-state index in [0.717, 1.165) is 6.16 Å². The largest absolute Gasteiger partial charge is 0.199 e. The summed E-state index contributed by atoms with van der Waals surface area (Å²) in [7, 11) is 0. The van der Waals surface area contributed by atoms with Crippen molar-refractivity contribution in [2.45, 2.75) is 0 Å². The van der Waals surface area contributed by atoms with Crippen LogP contribution in [0.2, 0.25) is 0 Å². The van der Waals surface area contributed by atoms with E-state index < -0.39 is 6.19 Å². The molecule has 0 spiro atoms. The predicted octanol–water partition coefficient (Wildman–Crippen LogP) is 2.30. The first-order valence-corrected chi connectivity index (χ1v) is 6.19. The summed E-state index contributed by atoms with van der Waals surface area (Å²) in [6.45, 7) is 5.49. The third-order valence-electron chi connectivity index (χ3n) is 0.720. The van der Waals surface area contributed by atoms with Gasteiger partial charge in [0.05, 0.1) is 11.3 Å². The van der Waals surface area contributed by atoms with Crippen molar-refractivity contribution in [1.29, 1.82) is 0 Å². The second-order valence-electron chi connectivity index (χ2n) is 1.71. The summed E-state index contributed by atoms with van der Waals surface area (Å²) in [5, 5.41) is 2.30. The van der Waals surface area contributed by atoms with Crippen LogP contribution in [0.5, 0.6) is 0 Å². The molecule has 0 amide bonds. The molecule has 0 aliphatic heterocycles. The molecule has 50 valence electrons. The van der Waals surface area contributed by atoms with Gasteiger partial charge in [0.1, 0.15) is 0 Å². The van der Waals surface area contributed by atoms with Gasteiger partial charge in [-0.2, -0.15) is 4.76 Å². The van der Waals surface area contributed by atoms with Gasteiger partial charge in [0.15, 0.2) is 0 Å². The monoisotopic (exact) mass is 177 g/mol. The fourth-order valence-electron chi connectivity index (χ4n) is 0.367. The van der Waals surface area contributed by atoms with Crippen LogP contribution in [-0.4, -0.2) is 18.0 Å². The Bertz CT molecular complexity index is 193. The summed E-state index contributed by atoms with van der Waals surface area (Å²) in [6, 6.07) is 0. The molecular weight excluding hydrogens is 169 g/mol. The number of nitrogens with zero attached hydrogens (tertiary/aromatic N) is 1. The van der Waals surface area contributed by atoms with Gasteiger partial charge < -0.3 is 0 Å². The van der Waals surface area contributed by atoms with Crippen molar-refractivity contribution in [3.05, 3.63) is 12.7 Å². The van der Waals surface area contributed by atoms with Crippen LogP contribution in [0, 0.1) is 0 Å². The Morgan fingerprint density at radius 1 is 1.89 bits per heavy atom. The average molecular weight is 177 g/mol. The van der Waals surface area contributed by atoms with Gasteiger partial charge >= 0.3 is 0 Å². The average Bonchev–Trinajstić information content (AvgIpc) is 1.64. The van der Waals surface area contributed by atoms with Gasteiger partial charge in [-0.15, -0.1) is 6.58 Å². The molecule has 0 heterocycles. The number of allylic oxidation sites excluding steroid dienone is 1. The highest BCUT2D eigenvalue weighted by Crippen LogP contribution is 2.42. The number of hydrogen-bond acceptors (Lipinski definition) is 2. The zero-order chi connectivity index (χ0) is 7.33. The van der Waals surface area contributed by atoms with Crippen molar-refractivity contribution in [2.75, 3.05) is 12.8 Å². The highest BCUT2D eigenvalue weighted by molar-refractivity contribution is 8.13. The highest BCUT2D eigenvalue weighted by Gasteiger charge is 2.01. The third kappa shape index (κ3) is 4.68. The van der Waals surface area contributed by atoms with Crippen LogP contribution in [-0.2, 0) is 11.8 Å². The van der Waals surface area contributed by atoms with Gasteiger partial charge in [-0.3, -0.25) is 0 Å². The summed E-state index contributed by atoms with van der Waals surface area (Å²) in [5.74, 6) is 0. The highest BCUT2D eigenvalue weighted by atomic mass is 32.4. The first-order valence-electron chi connectivity index (χ1n) is 2.39. The first kappa shape index (κ1) is 9.19. The molecule has 0 aliphatic rings. The minimum Gasteiger partial charge on any atom is -0.199 e. The lowest BCUT2D eigenvalue weighted by atomic mass is 10.8. The van der Waals surface area contributed by atoms with Crippen LogP contribution in [0.25, 0.3) is 0 Å². The molecule has 1 atom stereocenters. The maximum Gasteiger partial charge on any atom is 0.0697 e. The van der Waals surface area contributed by atoms with Gasteiger partial charge in [0.25, 0.3) is 0 Å². The first-order chi connectivity index (χ1) is 4.12. The van der Waals surface area contributed by atoms with E-state index in [4.69, 9.17) is 11.8 Å². The fraction of sp³-hybridized carbons (Fsp3) is 0.400. The van der Waals surface area contributed by atoms with Gasteiger partial charge in [0.2, 0.25) is 0 Å². The molecule has 0 aliphatic carbocycles. The summed E-state index contributed by atoms with van der Waals surface area (Å²) in [6.07, 6.45) is 0.977. The van der Waals surface area contributed by atoms with E-state index in [1.807, 2.05) is 6.66 Å². The molecule has 0 aromatic rings. The Kier molecular flexibility index (Phi) is 4.16. The van der Waals surface area contributed by atoms with Crippen LogP contribution in [0.15, 0.2) is 17.4 Å². The van der Waals surface area contributed by atoms with Gasteiger partial charge in [0, 0.05) is 6.16 Å². The Balaban J connectivity index is 4.19. The van der Waals surface area contributed by atoms with Gasteiger partial charge in [-0.05, 0) is 18.9 Å². The Labute approximate surface area is 65.9 Å². The molecule has 4 heteroatoms. The molecule has 0 radical (unpaired) electrons. The smallest absolute Gasteiger partial charge is 0.0697 e. The summed E-state index contributed by atoms with van der Waals surface area (Å²) in [5.41, 5.74) is 0. The van der Waals surface area contributed by atoms with Crippen molar-refractivity contribution in [1.82, 2.24) is 0 Å². The lowest BCUT2D eigenvalue weighted by Crippen LogP contribution is -1.76. The van der Waals surface area contributed by atoms with Crippen LogP contribution in [0.3, 0.4) is 0 Å². The van der Waals surface area contributed by atoms with Crippen LogP contribution in [0.1, 0.15) is 0 Å². The van der Waals surface area contributed by atoms with Crippen molar-refractivity contribution in [3.63, 3.8) is 0 Å². The Morgan fingerprint density at radius 3 is 2.78 bits per heavy atom. The van der Waals surface area contributed by atoms with Crippen molar-refractivity contribution in [3.8, 4) is 0 Å². The second-order valence-corrected chi connectivity index (χ2v) is 6.92. The summed E-state index contributed by atoms with van der Waals surface area (Å²) >= 11 is 9.51. The molecule has 0 fully saturated rings. The maximum absolute atomic E-state index is 5.09. The minimum atomic E-state index is -1.57. The normalized spacial score (nSPS) is 15.2. The number of thiocarbonyl (C=S) groups is 1. The van der Waals surface area contributed by atoms with E-state index in [1.54, 1.807) is 6.08 Å². The Morgan fingerprint density at radius 2 is 2.44 bits per heavy atom. The van der Waals surface area contributed by atoms with E-state index in [9.17, 15) is 0 Å². The van der Waals surface area contributed by atoms with E-state index in [1.165, 1.54) is 0 Å². The third-order valence-corrected chi connectivity index (χ3v) is 3.10. The standard InChI is InChI=1S/C5H8NPS2/c1-3-4-7(2,9)6-5-8/h3H,1,4H2,2H3. The fourth-order valence-corrected chi connectivity index (χ4v) is 2.23. The molecule has 1 unspecified atom stereocenters. The van der Waals surface area contributed by atoms with E-state index in [2.05, 4.69) is 28.7 Å². The maximum atomic E-state index is 5.09. The Hall–Kier alpha value is 0.190. The summed E-state index contributed by atoms with van der Waals surface area (Å²) < 4.78 is 3.87. The SMILES string of the molecule is C=CCP(C)(=S)N=C=S. The van der Waals surface area contributed by atoms with E-state index in [0.29, 0.717) is 0 Å². The van der Waals surface area contributed by atoms with Crippen LogP contribution >= 0.6 is 18.4 Å². The summed E-state index contributed by atoms with van der Waals surface area (Å²) in [4.78, 5) is 0. The molecule has 0 rings (SSSR count). The van der Waals surface area contributed by atoms with E-state index >= 15 is 0 Å². The van der Waals surface area contributed by atoms with Crippen LogP contribution in [0.4, 0.5) is 0 Å². The number of isothiocyanates is 1. The number of rotatable bonds is 3. The van der Waals surface area contributed by atoms with Crippen molar-refractivity contribution >= 4 is 35.4 Å².